The molecule has 25 heavy (non-hydrogen) atoms. The highest BCUT2D eigenvalue weighted by Gasteiger charge is 2.06. The first kappa shape index (κ1) is 16.7. The molecule has 0 bridgehead atoms. The average molecular weight is 355 g/mol. The fraction of sp³-hybridized carbons (Fsp3) is 0.0556. The largest absolute Gasteiger partial charge is 0.465 e. The van der Waals surface area contributed by atoms with Gasteiger partial charge >= 0.3 is 5.97 Å². The van der Waals surface area contributed by atoms with E-state index in [4.69, 9.17) is 16.3 Å². The van der Waals surface area contributed by atoms with Gasteiger partial charge in [0.2, 0.25) is 0 Å². The van der Waals surface area contributed by atoms with Crippen LogP contribution in [0.2, 0.25) is 5.02 Å². The highest BCUT2D eigenvalue weighted by Crippen LogP contribution is 2.22. The molecule has 126 valence electrons. The smallest absolute Gasteiger partial charge is 0.337 e. The van der Waals surface area contributed by atoms with Crippen LogP contribution in [0.5, 0.6) is 0 Å². The predicted octanol–water partition coefficient (Wildman–Crippen LogP) is 4.40. The van der Waals surface area contributed by atoms with Gasteiger partial charge in [0.25, 0.3) is 0 Å². The summed E-state index contributed by atoms with van der Waals surface area (Å²) >= 11 is 5.98. The third-order valence-corrected chi connectivity index (χ3v) is 3.56. The van der Waals surface area contributed by atoms with Gasteiger partial charge in [0, 0.05) is 22.5 Å². The summed E-state index contributed by atoms with van der Waals surface area (Å²) in [6, 6.07) is 16.1. The number of halogens is 1. The van der Waals surface area contributed by atoms with Crippen molar-refractivity contribution >= 4 is 40.6 Å². The van der Waals surface area contributed by atoms with Crippen LogP contribution in [0.15, 0.2) is 60.9 Å². The Kier molecular flexibility index (Phi) is 5.11. The number of nitrogens with zero attached hydrogens (tertiary/aromatic N) is 2. The van der Waals surface area contributed by atoms with Crippen LogP contribution in [-0.2, 0) is 4.74 Å². The zero-order valence-electron chi connectivity index (χ0n) is 13.4. The van der Waals surface area contributed by atoms with E-state index in [0.29, 0.717) is 22.2 Å². The lowest BCUT2D eigenvalue weighted by molar-refractivity contribution is 0.0601. The minimum Gasteiger partial charge on any atom is -0.465 e. The molecule has 3 aromatic rings. The Morgan fingerprint density at radius 1 is 0.960 bits per heavy atom. The van der Waals surface area contributed by atoms with E-state index in [0.717, 1.165) is 11.4 Å². The van der Waals surface area contributed by atoms with Gasteiger partial charge in [-0.25, -0.2) is 14.8 Å². The van der Waals surface area contributed by atoms with Crippen molar-refractivity contribution in [3.63, 3.8) is 0 Å². The molecule has 0 aliphatic rings. The van der Waals surface area contributed by atoms with Crippen LogP contribution in [-0.4, -0.2) is 23.0 Å². The molecule has 7 heteroatoms. The molecule has 3 rings (SSSR count). The second kappa shape index (κ2) is 7.63. The SMILES string of the molecule is COC(=O)c1cccc(Nc2cc(Nc3cccc(Cl)c3)ncn2)c1. The fourth-order valence-electron chi connectivity index (χ4n) is 2.20. The summed E-state index contributed by atoms with van der Waals surface area (Å²) in [7, 11) is 1.35. The summed E-state index contributed by atoms with van der Waals surface area (Å²) in [5.41, 5.74) is 2.00. The van der Waals surface area contributed by atoms with Crippen molar-refractivity contribution in [2.75, 3.05) is 17.7 Å². The highest BCUT2D eigenvalue weighted by molar-refractivity contribution is 6.30. The Balaban J connectivity index is 1.77. The number of hydrogen-bond acceptors (Lipinski definition) is 6. The van der Waals surface area contributed by atoms with Gasteiger partial charge in [-0.2, -0.15) is 0 Å². The lowest BCUT2D eigenvalue weighted by Gasteiger charge is -2.09. The first-order valence-electron chi connectivity index (χ1n) is 7.44. The quantitative estimate of drug-likeness (QED) is 0.661. The summed E-state index contributed by atoms with van der Waals surface area (Å²) in [5.74, 6) is 0.806. The third kappa shape index (κ3) is 4.45. The fourth-order valence-corrected chi connectivity index (χ4v) is 2.39. The van der Waals surface area contributed by atoms with Crippen LogP contribution in [0.3, 0.4) is 0 Å². The third-order valence-electron chi connectivity index (χ3n) is 3.32. The monoisotopic (exact) mass is 354 g/mol. The van der Waals surface area contributed by atoms with E-state index in [1.165, 1.54) is 13.4 Å². The molecule has 1 heterocycles. The number of ether oxygens (including phenoxy) is 1. The van der Waals surface area contributed by atoms with Crippen molar-refractivity contribution in [3.05, 3.63) is 71.5 Å². The molecule has 0 unspecified atom stereocenters. The number of anilines is 4. The number of nitrogens with one attached hydrogen (secondary N) is 2. The second-order valence-corrected chi connectivity index (χ2v) is 5.56. The van der Waals surface area contributed by atoms with Crippen LogP contribution >= 0.6 is 11.6 Å². The molecule has 0 amide bonds. The minimum atomic E-state index is -0.394. The molecule has 6 nitrogen and oxygen atoms in total. The summed E-state index contributed by atoms with van der Waals surface area (Å²) in [5, 5.41) is 6.93. The number of aromatic nitrogens is 2. The summed E-state index contributed by atoms with van der Waals surface area (Å²) in [6.45, 7) is 0. The van der Waals surface area contributed by atoms with E-state index in [2.05, 4.69) is 20.6 Å². The van der Waals surface area contributed by atoms with Crippen LogP contribution in [0.4, 0.5) is 23.0 Å². The lowest BCUT2D eigenvalue weighted by Crippen LogP contribution is -2.02. The van der Waals surface area contributed by atoms with Gasteiger partial charge < -0.3 is 15.4 Å². The molecule has 0 radical (unpaired) electrons. The number of methoxy groups -OCH3 is 1. The van der Waals surface area contributed by atoms with Gasteiger partial charge in [-0.15, -0.1) is 0 Å². The molecule has 0 saturated heterocycles. The maximum atomic E-state index is 11.6. The molecular weight excluding hydrogens is 340 g/mol. The van der Waals surface area contributed by atoms with Crippen LogP contribution in [0.25, 0.3) is 0 Å². The molecule has 1 aromatic heterocycles. The normalized spacial score (nSPS) is 10.2. The van der Waals surface area contributed by atoms with Gasteiger partial charge in [0.05, 0.1) is 12.7 Å². The van der Waals surface area contributed by atoms with Gasteiger partial charge in [-0.3, -0.25) is 0 Å². The van der Waals surface area contributed by atoms with E-state index in [1.54, 1.807) is 36.4 Å². The summed E-state index contributed by atoms with van der Waals surface area (Å²) < 4.78 is 4.72. The van der Waals surface area contributed by atoms with Crippen LogP contribution in [0, 0.1) is 0 Å². The molecule has 0 fully saturated rings. The highest BCUT2D eigenvalue weighted by atomic mass is 35.5. The zero-order valence-corrected chi connectivity index (χ0v) is 14.1. The zero-order chi connectivity index (χ0) is 17.6. The molecule has 0 saturated carbocycles. The maximum absolute atomic E-state index is 11.6. The Labute approximate surface area is 149 Å². The number of hydrogen-bond donors (Lipinski definition) is 2. The van der Waals surface area contributed by atoms with E-state index in [9.17, 15) is 4.79 Å². The Bertz CT molecular complexity index is 902. The second-order valence-electron chi connectivity index (χ2n) is 5.12. The Hall–Kier alpha value is -3.12. The van der Waals surface area contributed by atoms with E-state index >= 15 is 0 Å². The molecule has 0 aliphatic heterocycles. The molecular formula is C18H15ClN4O2. The molecule has 0 atom stereocenters. The average Bonchev–Trinajstić information content (AvgIpc) is 2.61. The van der Waals surface area contributed by atoms with Gasteiger partial charge in [0.15, 0.2) is 0 Å². The molecule has 0 aliphatic carbocycles. The van der Waals surface area contributed by atoms with Crippen molar-refractivity contribution in [3.8, 4) is 0 Å². The molecule has 2 aromatic carbocycles. The molecule has 2 N–H and O–H groups in total. The topological polar surface area (TPSA) is 76.1 Å². The van der Waals surface area contributed by atoms with Crippen LogP contribution in [0.1, 0.15) is 10.4 Å². The maximum Gasteiger partial charge on any atom is 0.337 e. The molecule has 0 spiro atoms. The number of rotatable bonds is 5. The van der Waals surface area contributed by atoms with E-state index in [1.807, 2.05) is 18.2 Å². The number of esters is 1. The van der Waals surface area contributed by atoms with Crippen molar-refractivity contribution in [1.82, 2.24) is 9.97 Å². The Morgan fingerprint density at radius 3 is 2.24 bits per heavy atom. The van der Waals surface area contributed by atoms with E-state index in [-0.39, 0.29) is 0 Å². The van der Waals surface area contributed by atoms with Gasteiger partial charge in [0.1, 0.15) is 18.0 Å². The number of carbonyl (C=O) groups excluding carboxylic acids is 1. The Morgan fingerprint density at radius 2 is 1.60 bits per heavy atom. The van der Waals surface area contributed by atoms with Crippen molar-refractivity contribution in [2.45, 2.75) is 0 Å². The first-order valence-corrected chi connectivity index (χ1v) is 7.82. The van der Waals surface area contributed by atoms with Gasteiger partial charge in [-0.05, 0) is 36.4 Å². The van der Waals surface area contributed by atoms with Crippen LogP contribution < -0.4 is 10.6 Å². The van der Waals surface area contributed by atoms with E-state index < -0.39 is 5.97 Å². The lowest BCUT2D eigenvalue weighted by atomic mass is 10.2. The van der Waals surface area contributed by atoms with Crippen molar-refractivity contribution in [2.24, 2.45) is 0 Å². The van der Waals surface area contributed by atoms with Gasteiger partial charge in [-0.1, -0.05) is 23.7 Å². The first-order chi connectivity index (χ1) is 12.1. The summed E-state index contributed by atoms with van der Waals surface area (Å²) in [4.78, 5) is 20.0. The summed E-state index contributed by atoms with van der Waals surface area (Å²) in [6.07, 6.45) is 1.44. The predicted molar refractivity (Wildman–Crippen MR) is 97.8 cm³/mol. The van der Waals surface area contributed by atoms with Crippen molar-refractivity contribution in [1.29, 1.82) is 0 Å². The minimum absolute atomic E-state index is 0.394. The van der Waals surface area contributed by atoms with Crippen molar-refractivity contribution < 1.29 is 9.53 Å². The standard InChI is InChI=1S/C18H15ClN4O2/c1-25-18(24)12-4-2-6-14(8-12)22-16-10-17(21-11-20-16)23-15-7-3-5-13(19)9-15/h2-11H,1H3,(H2,20,21,22,23). The number of carbonyl (C=O) groups is 1. The number of benzene rings is 2.